The molecule has 1 saturated carbocycles. The molecule has 0 bridgehead atoms. The number of sulfonamides is 1. The first-order chi connectivity index (χ1) is 6.99. The molecule has 1 aliphatic rings. The van der Waals surface area contributed by atoms with Gasteiger partial charge < -0.3 is 5.11 Å². The Bertz CT molecular complexity index is 489. The van der Waals surface area contributed by atoms with Gasteiger partial charge in [-0.05, 0) is 12.8 Å². The number of aromatic carboxylic acids is 1. The number of carboxylic acids is 1. The van der Waals surface area contributed by atoms with E-state index in [1.54, 1.807) is 0 Å². The van der Waals surface area contributed by atoms with E-state index in [9.17, 15) is 13.2 Å². The number of nitrogens with one attached hydrogen (secondary N) is 1. The van der Waals surface area contributed by atoms with Crippen LogP contribution in [0.2, 0.25) is 0 Å². The van der Waals surface area contributed by atoms with Crippen LogP contribution in [0.4, 0.5) is 5.13 Å². The van der Waals surface area contributed by atoms with Gasteiger partial charge in [-0.2, -0.15) is 0 Å². The molecule has 1 aromatic rings. The van der Waals surface area contributed by atoms with Crippen LogP contribution in [-0.2, 0) is 10.0 Å². The minimum atomic E-state index is -3.35. The summed E-state index contributed by atoms with van der Waals surface area (Å²) in [6.07, 6.45) is 2.46. The number of thiazole rings is 1. The monoisotopic (exact) mass is 248 g/mol. The van der Waals surface area contributed by atoms with Gasteiger partial charge in [0.25, 0.3) is 0 Å². The molecule has 8 heteroatoms. The second-order valence-electron chi connectivity index (χ2n) is 3.18. The van der Waals surface area contributed by atoms with Crippen molar-refractivity contribution < 1.29 is 18.3 Å². The topological polar surface area (TPSA) is 96.4 Å². The second-order valence-corrected chi connectivity index (χ2v) is 6.17. The van der Waals surface area contributed by atoms with E-state index < -0.39 is 16.0 Å². The minimum absolute atomic E-state index is 0.0171. The van der Waals surface area contributed by atoms with E-state index in [0.717, 1.165) is 17.5 Å². The summed E-state index contributed by atoms with van der Waals surface area (Å²) in [7, 11) is -3.35. The summed E-state index contributed by atoms with van der Waals surface area (Å²) in [5, 5.41) is 8.38. The smallest absolute Gasteiger partial charge is 0.347 e. The molecule has 1 heterocycles. The van der Waals surface area contributed by atoms with Gasteiger partial charge in [-0.25, -0.2) is 18.2 Å². The van der Waals surface area contributed by atoms with E-state index >= 15 is 0 Å². The summed E-state index contributed by atoms with van der Waals surface area (Å²) in [6.45, 7) is 0. The molecule has 1 fully saturated rings. The third kappa shape index (κ3) is 2.26. The third-order valence-electron chi connectivity index (χ3n) is 1.91. The Morgan fingerprint density at radius 3 is 2.73 bits per heavy atom. The Hall–Kier alpha value is -1.15. The van der Waals surface area contributed by atoms with E-state index in [1.165, 1.54) is 0 Å². The number of hydrogen-bond donors (Lipinski definition) is 2. The first-order valence-corrected chi connectivity index (χ1v) is 6.56. The molecule has 1 aromatic heterocycles. The Morgan fingerprint density at radius 2 is 2.27 bits per heavy atom. The second kappa shape index (κ2) is 3.46. The zero-order chi connectivity index (χ0) is 11.1. The highest BCUT2D eigenvalue weighted by atomic mass is 32.2. The Balaban J connectivity index is 2.14. The van der Waals surface area contributed by atoms with E-state index in [-0.39, 0.29) is 15.3 Å². The summed E-state index contributed by atoms with van der Waals surface area (Å²) >= 11 is 0.812. The fourth-order valence-electron chi connectivity index (χ4n) is 1.00. The maximum absolute atomic E-state index is 11.4. The van der Waals surface area contributed by atoms with Gasteiger partial charge in [0.15, 0.2) is 5.13 Å². The number of rotatable bonds is 4. The average Bonchev–Trinajstić information content (AvgIpc) is 2.88. The van der Waals surface area contributed by atoms with Crippen molar-refractivity contribution in [2.24, 2.45) is 0 Å². The van der Waals surface area contributed by atoms with Gasteiger partial charge in [-0.15, -0.1) is 0 Å². The lowest BCUT2D eigenvalue weighted by Gasteiger charge is -2.01. The molecular weight excluding hydrogens is 240 g/mol. The van der Waals surface area contributed by atoms with Crippen molar-refractivity contribution >= 4 is 32.5 Å². The highest BCUT2D eigenvalue weighted by molar-refractivity contribution is 7.93. The van der Waals surface area contributed by atoms with Gasteiger partial charge in [0.2, 0.25) is 10.0 Å². The molecule has 15 heavy (non-hydrogen) atoms. The molecule has 6 nitrogen and oxygen atoms in total. The first kappa shape index (κ1) is 10.4. The summed E-state index contributed by atoms with van der Waals surface area (Å²) in [5.41, 5.74) is 0. The molecular formula is C7H8N2O4S2. The van der Waals surface area contributed by atoms with Crippen LogP contribution in [0.25, 0.3) is 0 Å². The molecule has 1 aliphatic carbocycles. The summed E-state index contributed by atoms with van der Waals surface area (Å²) in [4.78, 5) is 14.2. The van der Waals surface area contributed by atoms with Crippen LogP contribution in [0.5, 0.6) is 0 Å². The van der Waals surface area contributed by atoms with E-state index in [4.69, 9.17) is 5.11 Å². The maximum Gasteiger partial charge on any atom is 0.347 e. The lowest BCUT2D eigenvalue weighted by molar-refractivity contribution is 0.0702. The number of aromatic nitrogens is 1. The van der Waals surface area contributed by atoms with Gasteiger partial charge in [-0.3, -0.25) is 4.72 Å². The summed E-state index contributed by atoms with van der Waals surface area (Å²) < 4.78 is 25.2. The highest BCUT2D eigenvalue weighted by Gasteiger charge is 2.36. The largest absolute Gasteiger partial charge is 0.477 e. The number of hydrogen-bond acceptors (Lipinski definition) is 5. The lowest BCUT2D eigenvalue weighted by atomic mass is 10.6. The normalized spacial score (nSPS) is 16.3. The third-order valence-corrected chi connectivity index (χ3v) is 4.77. The van der Waals surface area contributed by atoms with Crippen LogP contribution in [0.3, 0.4) is 0 Å². The molecule has 0 aliphatic heterocycles. The molecule has 0 spiro atoms. The highest BCUT2D eigenvalue weighted by Crippen LogP contribution is 2.30. The molecule has 2 N–H and O–H groups in total. The SMILES string of the molecule is O=C(O)c1cnc(NS(=O)(=O)C2CC2)s1. The van der Waals surface area contributed by atoms with Crippen LogP contribution in [0.15, 0.2) is 6.20 Å². The fraction of sp³-hybridized carbons (Fsp3) is 0.429. The number of anilines is 1. The van der Waals surface area contributed by atoms with Crippen molar-refractivity contribution in [1.29, 1.82) is 0 Å². The van der Waals surface area contributed by atoms with Crippen LogP contribution in [0.1, 0.15) is 22.5 Å². The Kier molecular flexibility index (Phi) is 2.39. The summed E-state index contributed by atoms with van der Waals surface area (Å²) in [6, 6.07) is 0. The van der Waals surface area contributed by atoms with Gasteiger partial charge in [0.05, 0.1) is 11.4 Å². The van der Waals surface area contributed by atoms with E-state index in [0.29, 0.717) is 12.8 Å². The van der Waals surface area contributed by atoms with Crippen molar-refractivity contribution in [2.45, 2.75) is 18.1 Å². The van der Waals surface area contributed by atoms with E-state index in [1.807, 2.05) is 0 Å². The zero-order valence-electron chi connectivity index (χ0n) is 7.50. The molecule has 0 saturated heterocycles. The van der Waals surface area contributed by atoms with Crippen molar-refractivity contribution in [2.75, 3.05) is 4.72 Å². The van der Waals surface area contributed by atoms with Crippen molar-refractivity contribution in [1.82, 2.24) is 4.98 Å². The Labute approximate surface area is 90.0 Å². The van der Waals surface area contributed by atoms with Crippen molar-refractivity contribution in [3.63, 3.8) is 0 Å². The van der Waals surface area contributed by atoms with Crippen molar-refractivity contribution in [3.05, 3.63) is 11.1 Å². The van der Waals surface area contributed by atoms with Crippen LogP contribution in [0, 0.1) is 0 Å². The average molecular weight is 248 g/mol. The quantitative estimate of drug-likeness (QED) is 0.819. The maximum atomic E-state index is 11.4. The number of carbonyl (C=O) groups is 1. The van der Waals surface area contributed by atoms with Gasteiger partial charge in [0, 0.05) is 0 Å². The predicted octanol–water partition coefficient (Wildman–Crippen LogP) is 0.745. The lowest BCUT2D eigenvalue weighted by Crippen LogP contribution is -2.16. The van der Waals surface area contributed by atoms with Crippen LogP contribution < -0.4 is 4.72 Å². The van der Waals surface area contributed by atoms with Crippen LogP contribution >= 0.6 is 11.3 Å². The van der Waals surface area contributed by atoms with Crippen LogP contribution in [-0.4, -0.2) is 29.7 Å². The van der Waals surface area contributed by atoms with Gasteiger partial charge in [-0.1, -0.05) is 11.3 Å². The van der Waals surface area contributed by atoms with E-state index in [2.05, 4.69) is 9.71 Å². The fourth-order valence-corrected chi connectivity index (χ4v) is 3.24. The number of carboxylic acid groups (broad SMARTS) is 1. The number of nitrogens with zero attached hydrogens (tertiary/aromatic N) is 1. The van der Waals surface area contributed by atoms with Gasteiger partial charge in [0.1, 0.15) is 4.88 Å². The zero-order valence-corrected chi connectivity index (χ0v) is 9.14. The Morgan fingerprint density at radius 1 is 1.60 bits per heavy atom. The minimum Gasteiger partial charge on any atom is -0.477 e. The molecule has 82 valence electrons. The molecule has 2 rings (SSSR count). The summed E-state index contributed by atoms with van der Waals surface area (Å²) in [5.74, 6) is -1.11. The molecule has 0 radical (unpaired) electrons. The predicted molar refractivity (Wildman–Crippen MR) is 54.6 cm³/mol. The first-order valence-electron chi connectivity index (χ1n) is 4.20. The molecule has 0 atom stereocenters. The molecule has 0 aromatic carbocycles. The standard InChI is InChI=1S/C7H8N2O4S2/c10-6(11)5-3-8-7(14-5)9-15(12,13)4-1-2-4/h3-4H,1-2H2,(H,8,9)(H,10,11). The molecule has 0 unspecified atom stereocenters. The van der Waals surface area contributed by atoms with Crippen molar-refractivity contribution in [3.8, 4) is 0 Å². The molecule has 0 amide bonds. The van der Waals surface area contributed by atoms with Gasteiger partial charge >= 0.3 is 5.97 Å².